The third-order valence-corrected chi connectivity index (χ3v) is 4.18. The van der Waals surface area contributed by atoms with Crippen LogP contribution in [0.4, 0.5) is 5.69 Å². The molecule has 0 atom stereocenters. The van der Waals surface area contributed by atoms with Gasteiger partial charge in [-0.3, -0.25) is 9.59 Å². The van der Waals surface area contributed by atoms with Crippen molar-refractivity contribution in [3.05, 3.63) is 53.6 Å². The highest BCUT2D eigenvalue weighted by molar-refractivity contribution is 5.91. The van der Waals surface area contributed by atoms with E-state index in [1.165, 1.54) is 6.92 Å². The Bertz CT molecular complexity index is 805. The standard InChI is InChI=1S/C21H26N2O4/c1-15-6-5-7-17(12-15)14-23(16(2)24)11-10-21(25)22-18-8-9-19(26-3)20(13-18)27-4/h5-9,12-13H,10-11,14H2,1-4H3,(H,22,25). The van der Waals surface area contributed by atoms with Crippen molar-refractivity contribution in [3.8, 4) is 11.5 Å². The molecule has 0 aliphatic rings. The fourth-order valence-electron chi connectivity index (χ4n) is 2.75. The number of nitrogens with one attached hydrogen (secondary N) is 1. The molecular weight excluding hydrogens is 344 g/mol. The van der Waals surface area contributed by atoms with E-state index < -0.39 is 0 Å². The van der Waals surface area contributed by atoms with Crippen molar-refractivity contribution in [3.63, 3.8) is 0 Å². The summed E-state index contributed by atoms with van der Waals surface area (Å²) in [6.45, 7) is 4.36. The van der Waals surface area contributed by atoms with E-state index in [-0.39, 0.29) is 18.2 Å². The Morgan fingerprint density at radius 1 is 1.04 bits per heavy atom. The average molecular weight is 370 g/mol. The summed E-state index contributed by atoms with van der Waals surface area (Å²) in [5, 5.41) is 2.82. The lowest BCUT2D eigenvalue weighted by Gasteiger charge is -2.21. The second kappa shape index (κ2) is 9.62. The van der Waals surface area contributed by atoms with Crippen molar-refractivity contribution >= 4 is 17.5 Å². The molecule has 2 rings (SSSR count). The monoisotopic (exact) mass is 370 g/mol. The van der Waals surface area contributed by atoms with Gasteiger partial charge in [0.2, 0.25) is 11.8 Å². The summed E-state index contributed by atoms with van der Waals surface area (Å²) in [7, 11) is 3.10. The summed E-state index contributed by atoms with van der Waals surface area (Å²) in [4.78, 5) is 25.9. The molecule has 2 aromatic rings. The maximum atomic E-state index is 12.3. The van der Waals surface area contributed by atoms with Crippen LogP contribution in [0.25, 0.3) is 0 Å². The van der Waals surface area contributed by atoms with Crippen molar-refractivity contribution in [1.29, 1.82) is 0 Å². The van der Waals surface area contributed by atoms with Crippen molar-refractivity contribution in [2.45, 2.75) is 26.8 Å². The topological polar surface area (TPSA) is 67.9 Å². The van der Waals surface area contributed by atoms with E-state index in [0.717, 1.165) is 11.1 Å². The molecule has 0 saturated heterocycles. The summed E-state index contributed by atoms with van der Waals surface area (Å²) in [6.07, 6.45) is 0.208. The number of hydrogen-bond acceptors (Lipinski definition) is 4. The highest BCUT2D eigenvalue weighted by Crippen LogP contribution is 2.29. The number of ether oxygens (including phenoxy) is 2. The van der Waals surface area contributed by atoms with Crippen LogP contribution in [0, 0.1) is 6.92 Å². The third kappa shape index (κ3) is 6.02. The maximum absolute atomic E-state index is 12.3. The molecule has 27 heavy (non-hydrogen) atoms. The molecule has 144 valence electrons. The quantitative estimate of drug-likeness (QED) is 0.773. The molecule has 0 heterocycles. The van der Waals surface area contributed by atoms with E-state index >= 15 is 0 Å². The summed E-state index contributed by atoms with van der Waals surface area (Å²) in [6, 6.07) is 13.2. The van der Waals surface area contributed by atoms with Crippen molar-refractivity contribution in [1.82, 2.24) is 4.90 Å². The van der Waals surface area contributed by atoms with Gasteiger partial charge in [0.1, 0.15) is 0 Å². The Kier molecular flexibility index (Phi) is 7.23. The van der Waals surface area contributed by atoms with Crippen LogP contribution in [0.15, 0.2) is 42.5 Å². The Hall–Kier alpha value is -3.02. The first-order valence-electron chi connectivity index (χ1n) is 8.76. The number of benzene rings is 2. The average Bonchev–Trinajstić information content (AvgIpc) is 2.64. The molecule has 0 fully saturated rings. The number of methoxy groups -OCH3 is 2. The van der Waals surface area contributed by atoms with Crippen molar-refractivity contribution in [2.24, 2.45) is 0 Å². The van der Waals surface area contributed by atoms with Crippen LogP contribution in [0.1, 0.15) is 24.5 Å². The fraction of sp³-hybridized carbons (Fsp3) is 0.333. The van der Waals surface area contributed by atoms with E-state index in [9.17, 15) is 9.59 Å². The Labute approximate surface area is 160 Å². The summed E-state index contributed by atoms with van der Waals surface area (Å²) in [5.74, 6) is 0.907. The molecule has 0 aliphatic heterocycles. The van der Waals surface area contributed by atoms with Gasteiger partial charge in [0.05, 0.1) is 14.2 Å². The van der Waals surface area contributed by atoms with E-state index in [0.29, 0.717) is 30.3 Å². The first-order valence-corrected chi connectivity index (χ1v) is 8.76. The van der Waals surface area contributed by atoms with Crippen LogP contribution in [0.5, 0.6) is 11.5 Å². The highest BCUT2D eigenvalue weighted by Gasteiger charge is 2.13. The van der Waals surface area contributed by atoms with Crippen LogP contribution in [0.2, 0.25) is 0 Å². The van der Waals surface area contributed by atoms with Crippen LogP contribution < -0.4 is 14.8 Å². The van der Waals surface area contributed by atoms with Gasteiger partial charge < -0.3 is 19.7 Å². The molecule has 0 unspecified atom stereocenters. The number of amides is 2. The van der Waals surface area contributed by atoms with Crippen LogP contribution in [-0.2, 0) is 16.1 Å². The largest absolute Gasteiger partial charge is 0.493 e. The third-order valence-electron chi connectivity index (χ3n) is 4.18. The lowest BCUT2D eigenvalue weighted by atomic mass is 10.1. The molecule has 1 N–H and O–H groups in total. The van der Waals surface area contributed by atoms with Crippen molar-refractivity contribution in [2.75, 3.05) is 26.1 Å². The lowest BCUT2D eigenvalue weighted by Crippen LogP contribution is -2.31. The van der Waals surface area contributed by atoms with Gasteiger partial charge in [0, 0.05) is 38.2 Å². The zero-order valence-corrected chi connectivity index (χ0v) is 16.2. The van der Waals surface area contributed by atoms with E-state index in [2.05, 4.69) is 5.32 Å². The molecular formula is C21H26N2O4. The van der Waals surface area contributed by atoms with Gasteiger partial charge in [0.15, 0.2) is 11.5 Å². The van der Waals surface area contributed by atoms with Gasteiger partial charge in [-0.05, 0) is 24.6 Å². The second-order valence-electron chi connectivity index (χ2n) is 6.30. The normalized spacial score (nSPS) is 10.2. The molecule has 2 amide bonds. The van der Waals surface area contributed by atoms with Gasteiger partial charge in [-0.2, -0.15) is 0 Å². The SMILES string of the molecule is COc1ccc(NC(=O)CCN(Cc2cccc(C)c2)C(C)=O)cc1OC. The molecule has 0 saturated carbocycles. The number of carbonyl (C=O) groups is 2. The van der Waals surface area contributed by atoms with Crippen LogP contribution in [-0.4, -0.2) is 37.5 Å². The molecule has 0 radical (unpaired) electrons. The molecule has 0 aliphatic carbocycles. The number of nitrogens with zero attached hydrogens (tertiary/aromatic N) is 1. The zero-order chi connectivity index (χ0) is 19.8. The van der Waals surface area contributed by atoms with Crippen LogP contribution >= 0.6 is 0 Å². The maximum Gasteiger partial charge on any atom is 0.226 e. The molecule has 6 heteroatoms. The molecule has 0 aromatic heterocycles. The summed E-state index contributed by atoms with van der Waals surface area (Å²) >= 11 is 0. The second-order valence-corrected chi connectivity index (χ2v) is 6.30. The predicted molar refractivity (Wildman–Crippen MR) is 105 cm³/mol. The summed E-state index contributed by atoms with van der Waals surface area (Å²) in [5.41, 5.74) is 2.80. The highest BCUT2D eigenvalue weighted by atomic mass is 16.5. The minimum Gasteiger partial charge on any atom is -0.493 e. The smallest absolute Gasteiger partial charge is 0.226 e. The lowest BCUT2D eigenvalue weighted by molar-refractivity contribution is -0.129. The Balaban J connectivity index is 1.95. The fourth-order valence-corrected chi connectivity index (χ4v) is 2.75. The number of carbonyl (C=O) groups excluding carboxylic acids is 2. The van der Waals surface area contributed by atoms with Gasteiger partial charge in [-0.1, -0.05) is 29.8 Å². The predicted octanol–water partition coefficient (Wildman–Crippen LogP) is 3.39. The number of rotatable bonds is 8. The number of aryl methyl sites for hydroxylation is 1. The van der Waals surface area contributed by atoms with Crippen molar-refractivity contribution < 1.29 is 19.1 Å². The summed E-state index contributed by atoms with van der Waals surface area (Å²) < 4.78 is 10.4. The Morgan fingerprint density at radius 2 is 1.78 bits per heavy atom. The molecule has 2 aromatic carbocycles. The van der Waals surface area contributed by atoms with Gasteiger partial charge in [-0.15, -0.1) is 0 Å². The first-order chi connectivity index (χ1) is 12.9. The minimum atomic E-state index is -0.169. The van der Waals surface area contributed by atoms with Crippen LogP contribution in [0.3, 0.4) is 0 Å². The van der Waals surface area contributed by atoms with E-state index in [4.69, 9.17) is 9.47 Å². The molecule has 0 bridgehead atoms. The molecule has 6 nitrogen and oxygen atoms in total. The van der Waals surface area contributed by atoms with Gasteiger partial charge in [-0.25, -0.2) is 0 Å². The number of anilines is 1. The first kappa shape index (κ1) is 20.3. The Morgan fingerprint density at radius 3 is 2.41 bits per heavy atom. The minimum absolute atomic E-state index is 0.0598. The molecule has 0 spiro atoms. The van der Waals surface area contributed by atoms with Gasteiger partial charge in [0.25, 0.3) is 0 Å². The van der Waals surface area contributed by atoms with Gasteiger partial charge >= 0.3 is 0 Å². The van der Waals surface area contributed by atoms with E-state index in [1.54, 1.807) is 37.3 Å². The zero-order valence-electron chi connectivity index (χ0n) is 16.2. The van der Waals surface area contributed by atoms with E-state index in [1.807, 2.05) is 31.2 Å². The number of hydrogen-bond donors (Lipinski definition) is 1.